The van der Waals surface area contributed by atoms with Crippen LogP contribution >= 0.6 is 27.5 Å². The molecule has 0 aliphatic heterocycles. The lowest BCUT2D eigenvalue weighted by Gasteiger charge is -2.13. The molecular formula is C18H19BrClNO4. The standard InChI is InChI=1S/C18H19BrClNO4/c1-3-24-17-15(19)10-12(11-16(17)23-2)18(22)21-8-9-25-14-6-4-13(20)5-7-14/h4-7,10-11H,3,8-9H2,1-2H3,(H,21,22). The van der Waals surface area contributed by atoms with Crippen molar-refractivity contribution in [1.29, 1.82) is 0 Å². The van der Waals surface area contributed by atoms with Gasteiger partial charge in [0.25, 0.3) is 5.91 Å². The molecule has 2 aromatic rings. The van der Waals surface area contributed by atoms with Crippen LogP contribution < -0.4 is 19.5 Å². The Labute approximate surface area is 160 Å². The first-order valence-electron chi connectivity index (χ1n) is 7.72. The summed E-state index contributed by atoms with van der Waals surface area (Å²) in [7, 11) is 1.53. The van der Waals surface area contributed by atoms with E-state index in [0.29, 0.717) is 52.1 Å². The van der Waals surface area contributed by atoms with Crippen molar-refractivity contribution in [1.82, 2.24) is 5.32 Å². The minimum Gasteiger partial charge on any atom is -0.493 e. The zero-order chi connectivity index (χ0) is 18.2. The molecule has 2 rings (SSSR count). The van der Waals surface area contributed by atoms with E-state index in [1.165, 1.54) is 7.11 Å². The predicted octanol–water partition coefficient (Wildman–Crippen LogP) is 4.32. The van der Waals surface area contributed by atoms with Gasteiger partial charge in [-0.2, -0.15) is 0 Å². The van der Waals surface area contributed by atoms with E-state index in [-0.39, 0.29) is 5.91 Å². The molecule has 0 bridgehead atoms. The molecule has 0 saturated carbocycles. The van der Waals surface area contributed by atoms with Gasteiger partial charge in [-0.3, -0.25) is 4.79 Å². The van der Waals surface area contributed by atoms with Crippen LogP contribution in [0.1, 0.15) is 17.3 Å². The summed E-state index contributed by atoms with van der Waals surface area (Å²) in [6.07, 6.45) is 0. The fraction of sp³-hybridized carbons (Fsp3) is 0.278. The van der Waals surface area contributed by atoms with Crippen LogP contribution in [0.3, 0.4) is 0 Å². The van der Waals surface area contributed by atoms with Crippen LogP contribution in [0.5, 0.6) is 17.2 Å². The summed E-state index contributed by atoms with van der Waals surface area (Å²) in [6, 6.07) is 10.4. The number of nitrogens with one attached hydrogen (secondary N) is 1. The zero-order valence-corrected chi connectivity index (χ0v) is 16.3. The summed E-state index contributed by atoms with van der Waals surface area (Å²) < 4.78 is 17.0. The van der Waals surface area contributed by atoms with Crippen molar-refractivity contribution in [2.75, 3.05) is 26.9 Å². The normalized spacial score (nSPS) is 10.2. The first kappa shape index (κ1) is 19.4. The molecule has 5 nitrogen and oxygen atoms in total. The second-order valence-corrected chi connectivity index (χ2v) is 6.27. The summed E-state index contributed by atoms with van der Waals surface area (Å²) in [4.78, 5) is 12.3. The molecule has 0 aromatic heterocycles. The van der Waals surface area contributed by atoms with Crippen LogP contribution in [-0.4, -0.2) is 32.8 Å². The monoisotopic (exact) mass is 427 g/mol. The molecule has 0 unspecified atom stereocenters. The third kappa shape index (κ3) is 5.54. The Morgan fingerprint density at radius 2 is 1.92 bits per heavy atom. The van der Waals surface area contributed by atoms with E-state index < -0.39 is 0 Å². The van der Waals surface area contributed by atoms with Gasteiger partial charge in [-0.05, 0) is 59.3 Å². The van der Waals surface area contributed by atoms with Gasteiger partial charge in [0.05, 0.1) is 24.7 Å². The lowest BCUT2D eigenvalue weighted by atomic mass is 10.2. The molecule has 134 valence electrons. The fourth-order valence-electron chi connectivity index (χ4n) is 2.10. The number of amides is 1. The highest BCUT2D eigenvalue weighted by Gasteiger charge is 2.15. The summed E-state index contributed by atoms with van der Waals surface area (Å²) in [6.45, 7) is 3.10. The van der Waals surface area contributed by atoms with Gasteiger partial charge in [-0.15, -0.1) is 0 Å². The number of methoxy groups -OCH3 is 1. The van der Waals surface area contributed by atoms with Crippen molar-refractivity contribution in [3.63, 3.8) is 0 Å². The molecule has 0 radical (unpaired) electrons. The van der Waals surface area contributed by atoms with Crippen LogP contribution in [0.4, 0.5) is 0 Å². The molecule has 2 aromatic carbocycles. The molecule has 0 fully saturated rings. The van der Waals surface area contributed by atoms with Gasteiger partial charge in [0.15, 0.2) is 11.5 Å². The Bertz CT molecular complexity index is 722. The minimum absolute atomic E-state index is 0.221. The van der Waals surface area contributed by atoms with Crippen molar-refractivity contribution >= 4 is 33.4 Å². The number of carbonyl (C=O) groups excluding carboxylic acids is 1. The molecule has 0 aliphatic carbocycles. The Balaban J connectivity index is 1.92. The number of halogens is 2. The van der Waals surface area contributed by atoms with Crippen LogP contribution in [0.15, 0.2) is 40.9 Å². The quantitative estimate of drug-likeness (QED) is 0.636. The molecular weight excluding hydrogens is 410 g/mol. The smallest absolute Gasteiger partial charge is 0.251 e. The van der Waals surface area contributed by atoms with Crippen molar-refractivity contribution in [3.05, 3.63) is 51.5 Å². The van der Waals surface area contributed by atoms with E-state index in [4.69, 9.17) is 25.8 Å². The lowest BCUT2D eigenvalue weighted by Crippen LogP contribution is -2.28. The summed E-state index contributed by atoms with van der Waals surface area (Å²) in [5, 5.41) is 3.45. The van der Waals surface area contributed by atoms with Crippen molar-refractivity contribution in [2.24, 2.45) is 0 Å². The Morgan fingerprint density at radius 1 is 1.20 bits per heavy atom. The minimum atomic E-state index is -0.221. The number of rotatable bonds is 8. The van der Waals surface area contributed by atoms with Gasteiger partial charge in [-0.1, -0.05) is 11.6 Å². The maximum absolute atomic E-state index is 12.3. The van der Waals surface area contributed by atoms with Crippen LogP contribution in [0.2, 0.25) is 5.02 Å². The molecule has 0 spiro atoms. The molecule has 7 heteroatoms. The van der Waals surface area contributed by atoms with Gasteiger partial charge in [-0.25, -0.2) is 0 Å². The molecule has 25 heavy (non-hydrogen) atoms. The van der Waals surface area contributed by atoms with Gasteiger partial charge in [0.1, 0.15) is 12.4 Å². The average Bonchev–Trinajstić information content (AvgIpc) is 2.61. The highest BCUT2D eigenvalue weighted by Crippen LogP contribution is 2.36. The first-order valence-corrected chi connectivity index (χ1v) is 8.89. The number of carbonyl (C=O) groups is 1. The highest BCUT2D eigenvalue weighted by molar-refractivity contribution is 9.10. The SMILES string of the molecule is CCOc1c(Br)cc(C(=O)NCCOc2ccc(Cl)cc2)cc1OC. The second-order valence-electron chi connectivity index (χ2n) is 4.98. The molecule has 0 aliphatic rings. The summed E-state index contributed by atoms with van der Waals surface area (Å²) in [5.74, 6) is 1.55. The predicted molar refractivity (Wildman–Crippen MR) is 101 cm³/mol. The fourth-order valence-corrected chi connectivity index (χ4v) is 2.78. The number of benzene rings is 2. The highest BCUT2D eigenvalue weighted by atomic mass is 79.9. The molecule has 0 atom stereocenters. The van der Waals surface area contributed by atoms with Crippen LogP contribution in [0, 0.1) is 0 Å². The van der Waals surface area contributed by atoms with Crippen molar-refractivity contribution in [2.45, 2.75) is 6.92 Å². The van der Waals surface area contributed by atoms with Gasteiger partial charge in [0, 0.05) is 10.6 Å². The second kappa shape index (κ2) is 9.53. The molecule has 1 amide bonds. The number of ether oxygens (including phenoxy) is 3. The maximum Gasteiger partial charge on any atom is 0.251 e. The summed E-state index contributed by atoms with van der Waals surface area (Å²) >= 11 is 9.22. The van der Waals surface area contributed by atoms with E-state index in [1.54, 1.807) is 36.4 Å². The lowest BCUT2D eigenvalue weighted by molar-refractivity contribution is 0.0946. The van der Waals surface area contributed by atoms with E-state index >= 15 is 0 Å². The van der Waals surface area contributed by atoms with E-state index in [2.05, 4.69) is 21.2 Å². The van der Waals surface area contributed by atoms with Crippen LogP contribution in [0.25, 0.3) is 0 Å². The molecule has 0 heterocycles. The van der Waals surface area contributed by atoms with Crippen molar-refractivity contribution in [3.8, 4) is 17.2 Å². The van der Waals surface area contributed by atoms with Gasteiger partial charge in [0.2, 0.25) is 0 Å². The number of hydrogen-bond donors (Lipinski definition) is 1. The first-order chi connectivity index (χ1) is 12.0. The van der Waals surface area contributed by atoms with Crippen molar-refractivity contribution < 1.29 is 19.0 Å². The topological polar surface area (TPSA) is 56.8 Å². The van der Waals surface area contributed by atoms with E-state index in [9.17, 15) is 4.79 Å². The number of hydrogen-bond acceptors (Lipinski definition) is 4. The Hall–Kier alpha value is -1.92. The van der Waals surface area contributed by atoms with Gasteiger partial charge >= 0.3 is 0 Å². The Morgan fingerprint density at radius 3 is 2.56 bits per heavy atom. The zero-order valence-electron chi connectivity index (χ0n) is 14.0. The Kier molecular flexibility index (Phi) is 7.40. The van der Waals surface area contributed by atoms with Crippen LogP contribution in [-0.2, 0) is 0 Å². The summed E-state index contributed by atoms with van der Waals surface area (Å²) in [5.41, 5.74) is 0.471. The molecule has 1 N–H and O–H groups in total. The third-order valence-electron chi connectivity index (χ3n) is 3.25. The van der Waals surface area contributed by atoms with E-state index in [0.717, 1.165) is 0 Å². The average molecular weight is 429 g/mol. The molecule has 0 saturated heterocycles. The largest absolute Gasteiger partial charge is 0.493 e. The van der Waals surface area contributed by atoms with Gasteiger partial charge < -0.3 is 19.5 Å². The van der Waals surface area contributed by atoms with E-state index in [1.807, 2.05) is 6.92 Å². The maximum atomic E-state index is 12.3. The third-order valence-corrected chi connectivity index (χ3v) is 4.09.